The highest BCUT2D eigenvalue weighted by Crippen LogP contribution is 2.46. The van der Waals surface area contributed by atoms with Crippen molar-refractivity contribution in [2.45, 2.75) is 76.9 Å². The van der Waals surface area contributed by atoms with Gasteiger partial charge in [-0.25, -0.2) is 0 Å². The number of Topliss-reactive ketones (excluding diaryl/α,β-unsaturated/α-hetero) is 1. The van der Waals surface area contributed by atoms with E-state index >= 15 is 0 Å². The minimum absolute atomic E-state index is 0.213. The topological polar surface area (TPSA) is 46.5 Å². The van der Waals surface area contributed by atoms with Crippen LogP contribution >= 0.6 is 0 Å². The summed E-state index contributed by atoms with van der Waals surface area (Å²) in [5.41, 5.74) is 0.656. The summed E-state index contributed by atoms with van der Waals surface area (Å²) < 4.78 is 6.29. The molecule has 0 saturated heterocycles. The van der Waals surface area contributed by atoms with E-state index in [1.54, 1.807) is 0 Å². The Balaban J connectivity index is 1.79. The molecule has 0 amide bonds. The van der Waals surface area contributed by atoms with Crippen LogP contribution in [0.5, 0.6) is 0 Å². The van der Waals surface area contributed by atoms with Crippen molar-refractivity contribution in [1.82, 2.24) is 0 Å². The second-order valence-corrected chi connectivity index (χ2v) is 7.19. The maximum Gasteiger partial charge on any atom is 0.162 e. The Morgan fingerprint density at radius 1 is 1.25 bits per heavy atom. The van der Waals surface area contributed by atoms with Gasteiger partial charge in [0.25, 0.3) is 0 Å². The molecule has 0 aromatic carbocycles. The molecular weight excluding hydrogens is 252 g/mol. The van der Waals surface area contributed by atoms with Gasteiger partial charge in [0, 0.05) is 24.3 Å². The summed E-state index contributed by atoms with van der Waals surface area (Å²) in [5.74, 6) is 2.04. The van der Waals surface area contributed by atoms with E-state index in [2.05, 4.69) is 13.8 Å². The molecule has 3 nitrogen and oxygen atoms in total. The molecule has 2 aliphatic carbocycles. The van der Waals surface area contributed by atoms with E-state index < -0.39 is 0 Å². The smallest absolute Gasteiger partial charge is 0.162 e. The zero-order chi connectivity index (χ0) is 14.3. The Morgan fingerprint density at radius 3 is 2.80 bits per heavy atom. The monoisotopic (exact) mass is 278 g/mol. The third-order valence-electron chi connectivity index (χ3n) is 5.57. The second-order valence-electron chi connectivity index (χ2n) is 7.19. The first-order chi connectivity index (χ1) is 9.49. The first-order valence-corrected chi connectivity index (χ1v) is 8.12. The van der Waals surface area contributed by atoms with Gasteiger partial charge in [0.15, 0.2) is 5.78 Å². The van der Waals surface area contributed by atoms with Gasteiger partial charge in [-0.3, -0.25) is 4.79 Å². The fourth-order valence-corrected chi connectivity index (χ4v) is 4.29. The molecule has 112 valence electrons. The molecule has 4 atom stereocenters. The van der Waals surface area contributed by atoms with Gasteiger partial charge < -0.3 is 9.84 Å². The lowest BCUT2D eigenvalue weighted by molar-refractivity contribution is -0.126. The molecule has 0 spiro atoms. The summed E-state index contributed by atoms with van der Waals surface area (Å²) in [6.45, 7) is 4.35. The van der Waals surface area contributed by atoms with Gasteiger partial charge in [0.2, 0.25) is 0 Å². The maximum atomic E-state index is 11.9. The number of carbonyl (C=O) groups is 1. The summed E-state index contributed by atoms with van der Waals surface area (Å²) in [5, 5.41) is 10.4. The molecule has 0 bridgehead atoms. The Kier molecular flexibility index (Phi) is 3.65. The van der Waals surface area contributed by atoms with E-state index in [0.29, 0.717) is 12.3 Å². The minimum Gasteiger partial charge on any atom is -0.491 e. The lowest BCUT2D eigenvalue weighted by Gasteiger charge is -2.47. The van der Waals surface area contributed by atoms with E-state index in [4.69, 9.17) is 4.74 Å². The average molecular weight is 278 g/mol. The van der Waals surface area contributed by atoms with Crippen molar-refractivity contribution in [2.24, 2.45) is 11.8 Å². The molecule has 0 aromatic rings. The summed E-state index contributed by atoms with van der Waals surface area (Å²) >= 11 is 0. The van der Waals surface area contributed by atoms with E-state index in [0.717, 1.165) is 49.9 Å². The largest absolute Gasteiger partial charge is 0.491 e. The van der Waals surface area contributed by atoms with Crippen LogP contribution in [-0.2, 0) is 9.53 Å². The van der Waals surface area contributed by atoms with Crippen molar-refractivity contribution < 1.29 is 14.6 Å². The highest BCUT2D eigenvalue weighted by molar-refractivity contribution is 5.96. The van der Waals surface area contributed by atoms with E-state index in [9.17, 15) is 9.90 Å². The molecule has 1 unspecified atom stereocenters. The van der Waals surface area contributed by atoms with Crippen LogP contribution in [0.1, 0.15) is 65.2 Å². The van der Waals surface area contributed by atoms with Gasteiger partial charge in [0.1, 0.15) is 11.4 Å². The lowest BCUT2D eigenvalue weighted by atomic mass is 9.69. The van der Waals surface area contributed by atoms with Crippen LogP contribution in [-0.4, -0.2) is 22.6 Å². The number of hydrogen-bond donors (Lipinski definition) is 1. The van der Waals surface area contributed by atoms with Crippen LogP contribution in [0.25, 0.3) is 0 Å². The SMILES string of the molecule is C[C@@H]1CC[C@H](C2(C)CCC3=C(CCCC3=O)O2)[C@@H](O)C1. The van der Waals surface area contributed by atoms with Crippen LogP contribution < -0.4 is 0 Å². The predicted octanol–water partition coefficient (Wildman–Crippen LogP) is 3.36. The number of carbonyl (C=O) groups excluding carboxylic acids is 1. The molecule has 1 heterocycles. The summed E-state index contributed by atoms with van der Waals surface area (Å²) in [6.07, 6.45) is 7.04. The first kappa shape index (κ1) is 14.1. The lowest BCUT2D eigenvalue weighted by Crippen LogP contribution is -2.48. The average Bonchev–Trinajstić information content (AvgIpc) is 2.38. The van der Waals surface area contributed by atoms with E-state index in [1.165, 1.54) is 6.42 Å². The zero-order valence-corrected chi connectivity index (χ0v) is 12.7. The molecule has 3 rings (SSSR count). The van der Waals surface area contributed by atoms with Crippen molar-refractivity contribution in [1.29, 1.82) is 0 Å². The van der Waals surface area contributed by atoms with Gasteiger partial charge in [-0.2, -0.15) is 0 Å². The van der Waals surface area contributed by atoms with Crippen molar-refractivity contribution >= 4 is 5.78 Å². The second kappa shape index (κ2) is 5.18. The molecule has 1 fully saturated rings. The number of aliphatic hydroxyl groups is 1. The molecule has 0 aromatic heterocycles. The summed E-state index contributed by atoms with van der Waals surface area (Å²) in [4.78, 5) is 11.9. The number of ether oxygens (including phenoxy) is 1. The van der Waals surface area contributed by atoms with Crippen LogP contribution in [0.3, 0.4) is 0 Å². The van der Waals surface area contributed by atoms with E-state index in [1.807, 2.05) is 0 Å². The third kappa shape index (κ3) is 2.41. The first-order valence-electron chi connectivity index (χ1n) is 8.12. The van der Waals surface area contributed by atoms with Crippen molar-refractivity contribution in [3.8, 4) is 0 Å². The summed E-state index contributed by atoms with van der Waals surface area (Å²) in [6, 6.07) is 0. The predicted molar refractivity (Wildman–Crippen MR) is 77.1 cm³/mol. The third-order valence-corrected chi connectivity index (χ3v) is 5.57. The van der Waals surface area contributed by atoms with Crippen LogP contribution in [0, 0.1) is 11.8 Å². The molecular formula is C17H26O3. The Morgan fingerprint density at radius 2 is 2.05 bits per heavy atom. The van der Waals surface area contributed by atoms with E-state index in [-0.39, 0.29) is 23.4 Å². The molecule has 1 saturated carbocycles. The van der Waals surface area contributed by atoms with Crippen LogP contribution in [0.15, 0.2) is 11.3 Å². The van der Waals surface area contributed by atoms with Crippen molar-refractivity contribution in [3.05, 3.63) is 11.3 Å². The van der Waals surface area contributed by atoms with Crippen molar-refractivity contribution in [3.63, 3.8) is 0 Å². The van der Waals surface area contributed by atoms with Gasteiger partial charge in [-0.05, 0) is 44.9 Å². The molecule has 1 aliphatic heterocycles. The standard InChI is InChI=1S/C17H26O3/c1-11-6-7-13(15(19)10-11)17(2)9-8-12-14(18)4-3-5-16(12)20-17/h11,13,15,19H,3-10H2,1-2H3/t11-,13+,15+,17?/m1/s1. The fourth-order valence-electron chi connectivity index (χ4n) is 4.29. The van der Waals surface area contributed by atoms with Crippen LogP contribution in [0.2, 0.25) is 0 Å². The van der Waals surface area contributed by atoms with Crippen LogP contribution in [0.4, 0.5) is 0 Å². The maximum absolute atomic E-state index is 11.9. The molecule has 0 radical (unpaired) electrons. The van der Waals surface area contributed by atoms with Gasteiger partial charge in [-0.15, -0.1) is 0 Å². The van der Waals surface area contributed by atoms with Gasteiger partial charge >= 0.3 is 0 Å². The molecule has 1 N–H and O–H groups in total. The highest BCUT2D eigenvalue weighted by Gasteiger charge is 2.46. The number of ketones is 1. The Bertz CT molecular complexity index is 440. The number of aliphatic hydroxyl groups excluding tert-OH is 1. The highest BCUT2D eigenvalue weighted by atomic mass is 16.5. The molecule has 3 heteroatoms. The zero-order valence-electron chi connectivity index (χ0n) is 12.7. The van der Waals surface area contributed by atoms with Gasteiger partial charge in [-0.1, -0.05) is 13.3 Å². The minimum atomic E-state index is -0.282. The Labute approximate surface area is 121 Å². The van der Waals surface area contributed by atoms with Gasteiger partial charge in [0.05, 0.1) is 6.10 Å². The molecule has 20 heavy (non-hydrogen) atoms. The summed E-state index contributed by atoms with van der Waals surface area (Å²) in [7, 11) is 0. The fraction of sp³-hybridized carbons (Fsp3) is 0.824. The number of hydrogen-bond acceptors (Lipinski definition) is 3. The Hall–Kier alpha value is -0.830. The number of rotatable bonds is 1. The normalized spacial score (nSPS) is 42.1. The van der Waals surface area contributed by atoms with Crippen molar-refractivity contribution in [2.75, 3.05) is 0 Å². The number of allylic oxidation sites excluding steroid dienone is 2. The quantitative estimate of drug-likeness (QED) is 0.800. The molecule has 3 aliphatic rings.